The average Bonchev–Trinajstić information content (AvgIpc) is 3.28. The molecule has 1 heterocycles. The lowest BCUT2D eigenvalue weighted by molar-refractivity contribution is -0.158. The number of ether oxygens (including phenoxy) is 1. The molecule has 2 bridgehead atoms. The van der Waals surface area contributed by atoms with Gasteiger partial charge in [-0.1, -0.05) is 74.5 Å². The molecular weight excluding hydrogens is 450 g/mol. The average molecular weight is 482 g/mol. The molecule has 1 spiro atoms. The highest BCUT2D eigenvalue weighted by Crippen LogP contribution is 2.70. The standard InChI is InChI=1S/C27H31NO5S/c1-18(33-25(30)23(19-10-6-4-7-11-19)20-12-8-5-9-13-20)24(29)28-22-16-21-14-15-27(22,26(21,2)3)17-34(28,31)32/h4-13,18,21-23H,14-17H2,1-3H3/t18-,21-,22-,27-/m1/s1. The lowest BCUT2D eigenvalue weighted by Gasteiger charge is -2.37. The van der Waals surface area contributed by atoms with E-state index in [0.717, 1.165) is 28.3 Å². The van der Waals surface area contributed by atoms with E-state index in [1.54, 1.807) is 0 Å². The summed E-state index contributed by atoms with van der Waals surface area (Å²) in [5, 5.41) is 0. The fourth-order valence-corrected chi connectivity index (χ4v) is 9.40. The molecule has 3 fully saturated rings. The molecule has 1 saturated heterocycles. The molecule has 4 atom stereocenters. The predicted molar refractivity (Wildman–Crippen MR) is 128 cm³/mol. The number of carbonyl (C=O) groups is 2. The molecule has 2 saturated carbocycles. The topological polar surface area (TPSA) is 80.8 Å². The highest BCUT2D eigenvalue weighted by Gasteiger charge is 2.72. The summed E-state index contributed by atoms with van der Waals surface area (Å²) in [7, 11) is -3.77. The lowest BCUT2D eigenvalue weighted by atomic mass is 9.69. The van der Waals surface area contributed by atoms with Gasteiger partial charge in [-0.3, -0.25) is 9.59 Å². The molecule has 5 rings (SSSR count). The minimum atomic E-state index is -3.77. The summed E-state index contributed by atoms with van der Waals surface area (Å²) in [5.41, 5.74) is 0.958. The fourth-order valence-electron chi connectivity index (χ4n) is 6.81. The molecule has 180 valence electrons. The fraction of sp³-hybridized carbons (Fsp3) is 0.481. The Bertz CT molecular complexity index is 1170. The molecule has 1 amide bonds. The van der Waals surface area contributed by atoms with E-state index in [2.05, 4.69) is 13.8 Å². The molecule has 2 aliphatic carbocycles. The van der Waals surface area contributed by atoms with Crippen LogP contribution in [0.3, 0.4) is 0 Å². The molecule has 6 nitrogen and oxygen atoms in total. The molecule has 2 aromatic carbocycles. The maximum Gasteiger partial charge on any atom is 0.318 e. The first kappa shape index (κ1) is 23.1. The minimum Gasteiger partial charge on any atom is -0.452 e. The minimum absolute atomic E-state index is 0.00275. The van der Waals surface area contributed by atoms with E-state index in [4.69, 9.17) is 4.74 Å². The second-order valence-corrected chi connectivity index (χ2v) is 12.4. The van der Waals surface area contributed by atoms with Crippen LogP contribution in [0.2, 0.25) is 0 Å². The molecule has 0 unspecified atom stereocenters. The van der Waals surface area contributed by atoms with E-state index < -0.39 is 39.3 Å². The molecule has 3 aliphatic rings. The number of hydrogen-bond donors (Lipinski definition) is 0. The summed E-state index contributed by atoms with van der Waals surface area (Å²) < 4.78 is 33.2. The number of benzene rings is 2. The van der Waals surface area contributed by atoms with Crippen molar-refractivity contribution in [1.29, 1.82) is 0 Å². The van der Waals surface area contributed by atoms with Gasteiger partial charge in [0.25, 0.3) is 5.91 Å². The molecule has 0 N–H and O–H groups in total. The zero-order valence-electron chi connectivity index (χ0n) is 19.8. The van der Waals surface area contributed by atoms with Crippen LogP contribution in [0, 0.1) is 16.7 Å². The Morgan fingerprint density at radius 3 is 2.09 bits per heavy atom. The van der Waals surface area contributed by atoms with E-state index in [1.807, 2.05) is 60.7 Å². The first-order chi connectivity index (χ1) is 16.1. The quantitative estimate of drug-likeness (QED) is 0.600. The number of amides is 1. The van der Waals surface area contributed by atoms with Crippen molar-refractivity contribution in [3.8, 4) is 0 Å². The monoisotopic (exact) mass is 481 g/mol. The van der Waals surface area contributed by atoms with Crippen molar-refractivity contribution in [2.45, 2.75) is 58.1 Å². The van der Waals surface area contributed by atoms with Crippen LogP contribution >= 0.6 is 0 Å². The summed E-state index contributed by atoms with van der Waals surface area (Å²) in [6, 6.07) is 18.2. The van der Waals surface area contributed by atoms with E-state index >= 15 is 0 Å². The van der Waals surface area contributed by atoms with Crippen LogP contribution in [-0.4, -0.2) is 42.5 Å². The zero-order chi connectivity index (χ0) is 24.3. The van der Waals surface area contributed by atoms with Gasteiger partial charge >= 0.3 is 5.97 Å². The number of esters is 1. The van der Waals surface area contributed by atoms with Crippen LogP contribution in [-0.2, 0) is 24.3 Å². The van der Waals surface area contributed by atoms with E-state index in [-0.39, 0.29) is 17.2 Å². The first-order valence-corrected chi connectivity index (χ1v) is 13.6. The summed E-state index contributed by atoms with van der Waals surface area (Å²) >= 11 is 0. The zero-order valence-corrected chi connectivity index (χ0v) is 20.6. The summed E-state index contributed by atoms with van der Waals surface area (Å²) in [5.74, 6) is -1.52. The van der Waals surface area contributed by atoms with Gasteiger partial charge < -0.3 is 4.74 Å². The second kappa shape index (κ2) is 7.94. The molecule has 0 radical (unpaired) electrons. The van der Waals surface area contributed by atoms with Crippen LogP contribution in [0.4, 0.5) is 0 Å². The summed E-state index contributed by atoms with van der Waals surface area (Å²) in [6.07, 6.45) is 1.31. The Hall–Kier alpha value is -2.67. The number of carbonyl (C=O) groups excluding carboxylic acids is 2. The summed E-state index contributed by atoms with van der Waals surface area (Å²) in [4.78, 5) is 26.8. The van der Waals surface area contributed by atoms with Gasteiger partial charge in [0.15, 0.2) is 6.10 Å². The molecule has 0 aromatic heterocycles. The van der Waals surface area contributed by atoms with Gasteiger partial charge in [-0.05, 0) is 48.6 Å². The highest BCUT2D eigenvalue weighted by molar-refractivity contribution is 7.90. The van der Waals surface area contributed by atoms with E-state index in [9.17, 15) is 18.0 Å². The Morgan fingerprint density at radius 1 is 1.00 bits per heavy atom. The van der Waals surface area contributed by atoms with Crippen molar-refractivity contribution in [1.82, 2.24) is 4.31 Å². The van der Waals surface area contributed by atoms with Gasteiger partial charge in [0.05, 0.1) is 11.8 Å². The number of nitrogens with zero attached hydrogens (tertiary/aromatic N) is 1. The van der Waals surface area contributed by atoms with Crippen molar-refractivity contribution in [3.05, 3.63) is 71.8 Å². The van der Waals surface area contributed by atoms with Crippen LogP contribution in [0.25, 0.3) is 0 Å². The Kier molecular flexibility index (Phi) is 5.39. The highest BCUT2D eigenvalue weighted by atomic mass is 32.2. The molecule has 2 aromatic rings. The van der Waals surface area contributed by atoms with Crippen molar-refractivity contribution in [3.63, 3.8) is 0 Å². The van der Waals surface area contributed by atoms with Crippen molar-refractivity contribution in [2.24, 2.45) is 16.7 Å². The maximum atomic E-state index is 13.5. The normalized spacial score (nSPS) is 29.1. The van der Waals surface area contributed by atoms with E-state index in [1.165, 1.54) is 6.92 Å². The molecular formula is C27H31NO5S. The predicted octanol–water partition coefficient (Wildman–Crippen LogP) is 4.12. The third-order valence-corrected chi connectivity index (χ3v) is 10.7. The summed E-state index contributed by atoms with van der Waals surface area (Å²) in [6.45, 7) is 5.76. The van der Waals surface area contributed by atoms with Gasteiger partial charge in [-0.15, -0.1) is 0 Å². The molecule has 1 aliphatic heterocycles. The van der Waals surface area contributed by atoms with Crippen LogP contribution < -0.4 is 0 Å². The Morgan fingerprint density at radius 2 is 1.56 bits per heavy atom. The van der Waals surface area contributed by atoms with Crippen LogP contribution in [0.15, 0.2) is 60.7 Å². The molecule has 34 heavy (non-hydrogen) atoms. The number of hydrogen-bond acceptors (Lipinski definition) is 5. The van der Waals surface area contributed by atoms with Gasteiger partial charge in [-0.25, -0.2) is 12.7 Å². The molecule has 7 heteroatoms. The van der Waals surface area contributed by atoms with Gasteiger partial charge in [0, 0.05) is 5.41 Å². The third kappa shape index (κ3) is 3.31. The smallest absolute Gasteiger partial charge is 0.318 e. The second-order valence-electron chi connectivity index (χ2n) is 10.6. The van der Waals surface area contributed by atoms with Crippen LogP contribution in [0.1, 0.15) is 57.1 Å². The third-order valence-electron chi connectivity index (χ3n) is 8.77. The Balaban J connectivity index is 1.40. The van der Waals surface area contributed by atoms with Crippen molar-refractivity contribution >= 4 is 21.9 Å². The van der Waals surface area contributed by atoms with Gasteiger partial charge in [-0.2, -0.15) is 0 Å². The lowest BCUT2D eigenvalue weighted by Crippen LogP contribution is -2.48. The first-order valence-electron chi connectivity index (χ1n) is 11.9. The Labute approximate surface area is 201 Å². The van der Waals surface area contributed by atoms with Crippen molar-refractivity contribution in [2.75, 3.05) is 5.75 Å². The van der Waals surface area contributed by atoms with Gasteiger partial charge in [0.1, 0.15) is 5.92 Å². The number of sulfonamides is 1. The number of rotatable bonds is 5. The van der Waals surface area contributed by atoms with Crippen LogP contribution in [0.5, 0.6) is 0 Å². The van der Waals surface area contributed by atoms with E-state index in [0.29, 0.717) is 12.3 Å². The number of fused-ring (bicyclic) bond motifs is 1. The largest absolute Gasteiger partial charge is 0.452 e. The SMILES string of the molecule is C[C@@H](OC(=O)C(c1ccccc1)c1ccccc1)C(=O)N1[C@@H]2C[C@H]3CC[C@]2(CS1(=O)=O)C3(C)C. The van der Waals surface area contributed by atoms with Crippen molar-refractivity contribution < 1.29 is 22.7 Å². The maximum absolute atomic E-state index is 13.5. The van der Waals surface area contributed by atoms with Gasteiger partial charge in [0.2, 0.25) is 10.0 Å².